The van der Waals surface area contributed by atoms with Crippen molar-refractivity contribution >= 4 is 23.4 Å². The summed E-state index contributed by atoms with van der Waals surface area (Å²) in [5.74, 6) is 1.01. The summed E-state index contributed by atoms with van der Waals surface area (Å²) in [6, 6.07) is 29.6. The molecule has 4 fully saturated rings. The first kappa shape index (κ1) is 37.8. The van der Waals surface area contributed by atoms with Crippen LogP contribution in [-0.4, -0.2) is 90.7 Å². The highest BCUT2D eigenvalue weighted by Gasteiger charge is 2.49. The standard InChI is InChI=1S/C50H54N4O6/c55-36-11-13-39-34(26-36)8-12-38(32-4-2-1-3-5-32)45(39)33-6-9-35(10-7-33)53-24-18-49(19-25-53)27-37(59-30-49)28-52-22-20-50(21-23-52)31-60-46-41-29-54(43-16-17-44(56)51-47(43)57)48(58)40(41)14-15-42(46)50/h1-7,9-11,13-15,26,37-38,43,45,55H,8,12,16-25,27-31H2,(H,51,56,57)/t37?,38-,43?,45+/m1/s1. The lowest BCUT2D eigenvalue weighted by atomic mass is 9.69. The summed E-state index contributed by atoms with van der Waals surface area (Å²) < 4.78 is 13.0. The van der Waals surface area contributed by atoms with Crippen molar-refractivity contribution in [2.45, 2.75) is 93.7 Å². The van der Waals surface area contributed by atoms with Crippen LogP contribution < -0.4 is 15.0 Å². The molecule has 3 amide bonds. The average molecular weight is 807 g/mol. The van der Waals surface area contributed by atoms with E-state index in [9.17, 15) is 19.5 Å². The quantitative estimate of drug-likeness (QED) is 0.205. The second-order valence-corrected chi connectivity index (χ2v) is 18.9. The maximum Gasteiger partial charge on any atom is 0.255 e. The summed E-state index contributed by atoms with van der Waals surface area (Å²) in [6.45, 7) is 6.83. The fourth-order valence-corrected chi connectivity index (χ4v) is 12.1. The number of carbonyl (C=O) groups is 3. The molecule has 0 aromatic heterocycles. The summed E-state index contributed by atoms with van der Waals surface area (Å²) in [7, 11) is 0. The number of piperidine rings is 3. The molecule has 1 aliphatic carbocycles. The van der Waals surface area contributed by atoms with Gasteiger partial charge < -0.3 is 29.3 Å². The van der Waals surface area contributed by atoms with Crippen molar-refractivity contribution in [2.75, 3.05) is 50.8 Å². The van der Waals surface area contributed by atoms with Gasteiger partial charge >= 0.3 is 0 Å². The fourth-order valence-electron chi connectivity index (χ4n) is 12.1. The second kappa shape index (κ2) is 14.8. The number of phenolic OH excluding ortho intramolecular Hbond substituents is 1. The number of nitrogens with one attached hydrogen (secondary N) is 1. The van der Waals surface area contributed by atoms with Crippen LogP contribution in [0.15, 0.2) is 84.9 Å². The van der Waals surface area contributed by atoms with Crippen molar-refractivity contribution in [3.8, 4) is 11.5 Å². The number of phenols is 1. The third-order valence-corrected chi connectivity index (χ3v) is 15.5. The molecule has 6 aliphatic heterocycles. The highest BCUT2D eigenvalue weighted by Crippen LogP contribution is 2.51. The largest absolute Gasteiger partial charge is 0.508 e. The van der Waals surface area contributed by atoms with E-state index >= 15 is 0 Å². The highest BCUT2D eigenvalue weighted by molar-refractivity contribution is 6.05. The van der Waals surface area contributed by atoms with Crippen molar-refractivity contribution in [1.82, 2.24) is 15.1 Å². The van der Waals surface area contributed by atoms with E-state index in [0.29, 0.717) is 36.8 Å². The van der Waals surface area contributed by atoms with Crippen LogP contribution in [0.3, 0.4) is 0 Å². The van der Waals surface area contributed by atoms with E-state index in [0.717, 1.165) is 95.6 Å². The molecule has 0 radical (unpaired) electrons. The number of ether oxygens (including phenoxy) is 2. The Hall–Kier alpha value is -5.19. The number of nitrogens with zero attached hydrogens (tertiary/aromatic N) is 3. The monoisotopic (exact) mass is 806 g/mol. The van der Waals surface area contributed by atoms with E-state index in [1.165, 1.54) is 33.5 Å². The third-order valence-electron chi connectivity index (χ3n) is 15.5. The van der Waals surface area contributed by atoms with Gasteiger partial charge in [-0.1, -0.05) is 54.6 Å². The number of rotatable bonds is 6. The molecule has 310 valence electrons. The second-order valence-electron chi connectivity index (χ2n) is 18.9. The Kier molecular flexibility index (Phi) is 9.30. The predicted octanol–water partition coefficient (Wildman–Crippen LogP) is 6.82. The Bertz CT molecular complexity index is 2330. The van der Waals surface area contributed by atoms with E-state index in [-0.39, 0.29) is 47.0 Å². The van der Waals surface area contributed by atoms with Gasteiger partial charge in [0.2, 0.25) is 11.8 Å². The van der Waals surface area contributed by atoms with E-state index in [1.54, 1.807) is 4.90 Å². The Labute approximate surface area is 351 Å². The molecular formula is C50H54N4O6. The van der Waals surface area contributed by atoms with Crippen LogP contribution in [0.4, 0.5) is 5.69 Å². The number of fused-ring (bicyclic) bond motifs is 5. The number of amides is 3. The first-order valence-corrected chi connectivity index (χ1v) is 22.2. The van der Waals surface area contributed by atoms with Crippen LogP contribution in [0.25, 0.3) is 0 Å². The van der Waals surface area contributed by atoms with Crippen LogP contribution in [-0.2, 0) is 32.7 Å². The predicted molar refractivity (Wildman–Crippen MR) is 227 cm³/mol. The zero-order valence-corrected chi connectivity index (χ0v) is 34.2. The lowest BCUT2D eigenvalue weighted by Gasteiger charge is -2.40. The zero-order chi connectivity index (χ0) is 40.6. The molecule has 7 aliphatic rings. The molecule has 2 unspecified atom stereocenters. The van der Waals surface area contributed by atoms with Gasteiger partial charge in [0.15, 0.2) is 0 Å². The average Bonchev–Trinajstić information content (AvgIpc) is 3.95. The third kappa shape index (κ3) is 6.49. The van der Waals surface area contributed by atoms with Crippen LogP contribution in [0.1, 0.15) is 107 Å². The number of benzene rings is 4. The molecule has 2 N–H and O–H groups in total. The Morgan fingerprint density at radius 3 is 2.38 bits per heavy atom. The number of hydrogen-bond donors (Lipinski definition) is 2. The molecule has 4 saturated heterocycles. The lowest BCUT2D eigenvalue weighted by molar-refractivity contribution is -0.136. The summed E-state index contributed by atoms with van der Waals surface area (Å²) in [6.07, 6.45) is 8.30. The molecular weight excluding hydrogens is 753 g/mol. The van der Waals surface area contributed by atoms with Gasteiger partial charge in [0, 0.05) is 59.8 Å². The number of carbonyl (C=O) groups excluding carboxylic acids is 3. The molecule has 6 heterocycles. The van der Waals surface area contributed by atoms with Gasteiger partial charge in [-0.3, -0.25) is 19.7 Å². The molecule has 4 aromatic rings. The molecule has 0 bridgehead atoms. The van der Waals surface area contributed by atoms with Gasteiger partial charge in [0.25, 0.3) is 5.91 Å². The van der Waals surface area contributed by atoms with Crippen LogP contribution in [0, 0.1) is 5.41 Å². The Morgan fingerprint density at radius 2 is 1.60 bits per heavy atom. The number of imide groups is 1. The molecule has 0 saturated carbocycles. The smallest absolute Gasteiger partial charge is 0.255 e. The van der Waals surface area contributed by atoms with Gasteiger partial charge in [-0.25, -0.2) is 0 Å². The molecule has 11 rings (SSSR count). The number of likely N-dealkylation sites (tertiary alicyclic amines) is 1. The molecule has 60 heavy (non-hydrogen) atoms. The van der Waals surface area contributed by atoms with Crippen LogP contribution >= 0.6 is 0 Å². The fraction of sp³-hybridized carbons (Fsp3) is 0.460. The van der Waals surface area contributed by atoms with Gasteiger partial charge in [-0.2, -0.15) is 0 Å². The highest BCUT2D eigenvalue weighted by atomic mass is 16.5. The van der Waals surface area contributed by atoms with E-state index in [1.807, 2.05) is 18.2 Å². The zero-order valence-electron chi connectivity index (χ0n) is 34.2. The van der Waals surface area contributed by atoms with Crippen molar-refractivity contribution in [1.29, 1.82) is 0 Å². The van der Waals surface area contributed by atoms with Gasteiger partial charge in [-0.05, 0) is 128 Å². The minimum absolute atomic E-state index is 0.0662. The minimum Gasteiger partial charge on any atom is -0.508 e. The minimum atomic E-state index is -0.628. The van der Waals surface area contributed by atoms with Gasteiger partial charge in [-0.15, -0.1) is 0 Å². The van der Waals surface area contributed by atoms with Crippen LogP contribution in [0.2, 0.25) is 0 Å². The summed E-state index contributed by atoms with van der Waals surface area (Å²) in [5.41, 5.74) is 9.50. The number of aromatic hydroxyl groups is 1. The normalized spacial score (nSPS) is 26.8. The molecule has 10 nitrogen and oxygen atoms in total. The van der Waals surface area contributed by atoms with E-state index < -0.39 is 6.04 Å². The number of aryl methyl sites for hydroxylation is 1. The molecule has 10 heteroatoms. The van der Waals surface area contributed by atoms with Gasteiger partial charge in [0.1, 0.15) is 17.5 Å². The van der Waals surface area contributed by atoms with Crippen molar-refractivity contribution in [3.05, 3.63) is 124 Å². The van der Waals surface area contributed by atoms with E-state index in [4.69, 9.17) is 9.47 Å². The summed E-state index contributed by atoms with van der Waals surface area (Å²) >= 11 is 0. The lowest BCUT2D eigenvalue weighted by Crippen LogP contribution is -2.52. The van der Waals surface area contributed by atoms with Crippen molar-refractivity contribution < 1.29 is 29.0 Å². The Balaban J connectivity index is 0.697. The first-order valence-electron chi connectivity index (χ1n) is 22.2. The topological polar surface area (TPSA) is 112 Å². The van der Waals surface area contributed by atoms with Gasteiger partial charge in [0.05, 0.1) is 25.9 Å². The molecule has 2 spiro atoms. The molecule has 4 aromatic carbocycles. The van der Waals surface area contributed by atoms with Crippen LogP contribution in [0.5, 0.6) is 11.5 Å². The number of anilines is 1. The van der Waals surface area contributed by atoms with Crippen molar-refractivity contribution in [3.63, 3.8) is 0 Å². The Morgan fingerprint density at radius 1 is 0.800 bits per heavy atom. The SMILES string of the molecule is O=C1CCC(N2Cc3c(ccc4c3OCC43CCN(CC4CC5(CCN(c6ccc([C@@H]7c8ccc(O)cc8CC[C@@H]7c7ccccc7)cc6)CC5)CO4)CC3)C2=O)C(=O)N1. The molecule has 4 atom stereocenters. The maximum atomic E-state index is 13.4. The first-order chi connectivity index (χ1) is 29.2. The summed E-state index contributed by atoms with van der Waals surface area (Å²) in [4.78, 5) is 44.5. The number of hydrogen-bond acceptors (Lipinski definition) is 8. The summed E-state index contributed by atoms with van der Waals surface area (Å²) in [5, 5.41) is 12.7. The maximum absolute atomic E-state index is 13.4. The van der Waals surface area contributed by atoms with Crippen molar-refractivity contribution in [2.24, 2.45) is 5.41 Å². The van der Waals surface area contributed by atoms with E-state index in [2.05, 4.69) is 81.8 Å².